The summed E-state index contributed by atoms with van der Waals surface area (Å²) in [4.78, 5) is 0.773. The number of hydrogen-bond acceptors (Lipinski definition) is 4. The van der Waals surface area contributed by atoms with Gasteiger partial charge in [0.25, 0.3) is 0 Å². The average molecular weight is 651 g/mol. The molecule has 0 saturated carbocycles. The molecule has 0 radical (unpaired) electrons. The van der Waals surface area contributed by atoms with E-state index in [0.717, 1.165) is 44.2 Å². The first-order valence-electron chi connectivity index (χ1n) is 16.2. The lowest BCUT2D eigenvalue weighted by atomic mass is 9.75. The Hall–Kier alpha value is -2.16. The van der Waals surface area contributed by atoms with E-state index in [1.165, 1.54) is 11.1 Å². The van der Waals surface area contributed by atoms with Gasteiger partial charge >= 0.3 is 8.60 Å². The topological polar surface area (TPSA) is 27.7 Å². The molecule has 0 aromatic heterocycles. The summed E-state index contributed by atoms with van der Waals surface area (Å²) in [6, 6.07) is 15.2. The van der Waals surface area contributed by atoms with Crippen LogP contribution in [0.1, 0.15) is 143 Å². The summed E-state index contributed by atoms with van der Waals surface area (Å²) in [5.74, 6) is 2.31. The quantitative estimate of drug-likeness (QED) is 0.212. The molecule has 1 atom stereocenters. The second-order valence-electron chi connectivity index (χ2n) is 17.8. The Balaban J connectivity index is 2.36. The highest BCUT2D eigenvalue weighted by Crippen LogP contribution is 2.53. The van der Waals surface area contributed by atoms with Gasteiger partial charge in [-0.3, -0.25) is 0 Å². The summed E-state index contributed by atoms with van der Waals surface area (Å²) in [6.45, 7) is 37.7. The monoisotopic (exact) mass is 650 g/mol. The summed E-state index contributed by atoms with van der Waals surface area (Å²) in [5, 5.41) is 0. The van der Waals surface area contributed by atoms with Crippen molar-refractivity contribution in [2.75, 3.05) is 0 Å². The predicted octanol–water partition coefficient (Wildman–Crippen LogP) is 12.8. The number of rotatable bonds is 6. The molecule has 0 spiro atoms. The zero-order chi connectivity index (χ0) is 34.5. The molecule has 0 fully saturated rings. The van der Waals surface area contributed by atoms with Crippen LogP contribution in [0.25, 0.3) is 0 Å². The van der Waals surface area contributed by atoms with Crippen LogP contribution in [0.15, 0.2) is 47.4 Å². The Morgan fingerprint density at radius 3 is 1.33 bits per heavy atom. The lowest BCUT2D eigenvalue weighted by Gasteiger charge is -2.34. The van der Waals surface area contributed by atoms with Crippen LogP contribution in [0.4, 0.5) is 0 Å². The Kier molecular flexibility index (Phi) is 10.6. The zero-order valence-electron chi connectivity index (χ0n) is 31.2. The van der Waals surface area contributed by atoms with Gasteiger partial charge in [-0.05, 0) is 64.2 Å². The van der Waals surface area contributed by atoms with E-state index in [4.69, 9.17) is 26.2 Å². The largest absolute Gasteiger partial charge is 0.530 e. The standard InChI is InChI=1S/C40H59O3PS/c1-25-18-19-32(28(20-25)37(6,7)8)41-44(43-35-29(38(9,10)11)21-26(2)22-33(35)45)42-34-30(39(12,13)14)23-27(36(3,4)5)24-31(34)40(15,16)17/h18-24,45H,1-17H3. The molecule has 0 N–H and O–H groups in total. The van der Waals surface area contributed by atoms with Crippen LogP contribution in [0.2, 0.25) is 0 Å². The Morgan fingerprint density at radius 2 is 0.889 bits per heavy atom. The highest BCUT2D eigenvalue weighted by molar-refractivity contribution is 7.80. The van der Waals surface area contributed by atoms with Crippen LogP contribution >= 0.6 is 21.2 Å². The van der Waals surface area contributed by atoms with E-state index in [1.54, 1.807) is 0 Å². The fourth-order valence-corrected chi connectivity index (χ4v) is 6.84. The minimum absolute atomic E-state index is 0.0236. The average Bonchev–Trinajstić information content (AvgIpc) is 2.83. The van der Waals surface area contributed by atoms with Crippen molar-refractivity contribution < 1.29 is 13.6 Å². The van der Waals surface area contributed by atoms with E-state index in [0.29, 0.717) is 5.75 Å². The zero-order valence-corrected chi connectivity index (χ0v) is 32.9. The lowest BCUT2D eigenvalue weighted by molar-refractivity contribution is 0.363. The van der Waals surface area contributed by atoms with Gasteiger partial charge in [0, 0.05) is 27.1 Å². The smallest absolute Gasteiger partial charge is 0.408 e. The van der Waals surface area contributed by atoms with Crippen molar-refractivity contribution in [3.8, 4) is 17.2 Å². The van der Waals surface area contributed by atoms with Crippen molar-refractivity contribution in [3.05, 3.63) is 81.4 Å². The minimum Gasteiger partial charge on any atom is -0.408 e. The molecular formula is C40H59O3PS. The molecule has 3 rings (SSSR count). The third kappa shape index (κ3) is 9.23. The fourth-order valence-electron chi connectivity index (χ4n) is 5.28. The van der Waals surface area contributed by atoms with E-state index in [1.807, 2.05) is 6.07 Å². The van der Waals surface area contributed by atoms with Gasteiger partial charge in [0.1, 0.15) is 17.2 Å². The van der Waals surface area contributed by atoms with Crippen LogP contribution in [0.5, 0.6) is 17.2 Å². The molecule has 0 aliphatic carbocycles. The Labute approximate surface area is 282 Å². The van der Waals surface area contributed by atoms with Crippen LogP contribution in [-0.2, 0) is 27.1 Å². The summed E-state index contributed by atoms with van der Waals surface area (Å²) in [6.07, 6.45) is 0. The molecular weight excluding hydrogens is 591 g/mol. The first-order valence-corrected chi connectivity index (χ1v) is 17.7. The van der Waals surface area contributed by atoms with Gasteiger partial charge in [0.05, 0.1) is 0 Å². The second kappa shape index (κ2) is 12.8. The summed E-state index contributed by atoms with van der Waals surface area (Å²) in [5.41, 5.74) is 7.37. The van der Waals surface area contributed by atoms with Crippen molar-refractivity contribution in [1.29, 1.82) is 0 Å². The molecule has 1 unspecified atom stereocenters. The van der Waals surface area contributed by atoms with E-state index in [9.17, 15) is 0 Å². The first kappa shape index (κ1) is 37.3. The number of thiol groups is 1. The van der Waals surface area contributed by atoms with E-state index >= 15 is 0 Å². The fraction of sp³-hybridized carbons (Fsp3) is 0.550. The molecule has 3 nitrogen and oxygen atoms in total. The van der Waals surface area contributed by atoms with Gasteiger partial charge in [-0.1, -0.05) is 140 Å². The van der Waals surface area contributed by atoms with Crippen molar-refractivity contribution in [2.24, 2.45) is 0 Å². The van der Waals surface area contributed by atoms with Gasteiger partial charge in [-0.2, -0.15) is 0 Å². The SMILES string of the molecule is Cc1ccc(OP(Oc2c(S)cc(C)cc2C(C)(C)C)Oc2c(C(C)(C)C)cc(C(C)(C)C)cc2C(C)(C)C)c(C(C)(C)C)c1. The highest BCUT2D eigenvalue weighted by Gasteiger charge is 2.35. The number of aryl methyl sites for hydroxylation is 2. The maximum absolute atomic E-state index is 7.14. The molecule has 5 heteroatoms. The van der Waals surface area contributed by atoms with Crippen molar-refractivity contribution in [1.82, 2.24) is 0 Å². The molecule has 0 saturated heterocycles. The summed E-state index contributed by atoms with van der Waals surface area (Å²) < 4.78 is 21.0. The van der Waals surface area contributed by atoms with Crippen molar-refractivity contribution in [2.45, 2.75) is 150 Å². The number of hydrogen-bond donors (Lipinski definition) is 1. The second-order valence-corrected chi connectivity index (χ2v) is 19.3. The Bertz CT molecular complexity index is 1480. The van der Waals surface area contributed by atoms with E-state index < -0.39 is 8.60 Å². The van der Waals surface area contributed by atoms with Crippen LogP contribution < -0.4 is 13.6 Å². The van der Waals surface area contributed by atoms with Crippen LogP contribution in [0.3, 0.4) is 0 Å². The van der Waals surface area contributed by atoms with E-state index in [-0.39, 0.29) is 27.1 Å². The van der Waals surface area contributed by atoms with Crippen LogP contribution in [0, 0.1) is 13.8 Å². The molecule has 3 aromatic rings. The Morgan fingerprint density at radius 1 is 0.467 bits per heavy atom. The normalized spacial score (nSPS) is 13.9. The third-order valence-corrected chi connectivity index (χ3v) is 9.38. The lowest BCUT2D eigenvalue weighted by Crippen LogP contribution is -2.23. The summed E-state index contributed by atoms with van der Waals surface area (Å²) >= 11 is 4.93. The van der Waals surface area contributed by atoms with Gasteiger partial charge in [-0.25, -0.2) is 0 Å². The molecule has 3 aromatic carbocycles. The molecule has 0 amide bonds. The third-order valence-electron chi connectivity index (χ3n) is 8.04. The molecule has 0 aliphatic rings. The molecule has 0 aliphatic heterocycles. The van der Waals surface area contributed by atoms with E-state index in [2.05, 4.69) is 154 Å². The highest BCUT2D eigenvalue weighted by atomic mass is 32.1. The first-order chi connectivity index (χ1) is 20.2. The van der Waals surface area contributed by atoms with Gasteiger partial charge < -0.3 is 13.6 Å². The minimum atomic E-state index is -1.97. The predicted molar refractivity (Wildman–Crippen MR) is 198 cm³/mol. The van der Waals surface area contributed by atoms with Gasteiger partial charge in [0.15, 0.2) is 0 Å². The van der Waals surface area contributed by atoms with Crippen molar-refractivity contribution >= 4 is 21.2 Å². The summed E-state index contributed by atoms with van der Waals surface area (Å²) in [7, 11) is -1.97. The molecule has 0 bridgehead atoms. The number of benzene rings is 3. The maximum atomic E-state index is 7.14. The molecule has 0 heterocycles. The van der Waals surface area contributed by atoms with Crippen LogP contribution in [-0.4, -0.2) is 0 Å². The van der Waals surface area contributed by atoms with Gasteiger partial charge in [0.2, 0.25) is 0 Å². The molecule has 45 heavy (non-hydrogen) atoms. The maximum Gasteiger partial charge on any atom is 0.530 e. The molecule has 248 valence electrons. The van der Waals surface area contributed by atoms with Gasteiger partial charge in [-0.15, -0.1) is 12.6 Å². The van der Waals surface area contributed by atoms with Crippen molar-refractivity contribution in [3.63, 3.8) is 0 Å².